The molecular formula is C43H32N2O. The summed E-state index contributed by atoms with van der Waals surface area (Å²) in [4.78, 5) is 4.78. The van der Waals surface area contributed by atoms with Crippen molar-refractivity contribution in [3.05, 3.63) is 169 Å². The van der Waals surface area contributed by atoms with Crippen LogP contribution in [0.3, 0.4) is 0 Å². The minimum absolute atomic E-state index is 0.255. The molecule has 7 aromatic rings. The molecule has 0 saturated heterocycles. The molecule has 0 radical (unpaired) electrons. The Morgan fingerprint density at radius 3 is 1.98 bits per heavy atom. The quantitative estimate of drug-likeness (QED) is 0.202. The Morgan fingerprint density at radius 2 is 1.13 bits per heavy atom. The van der Waals surface area contributed by atoms with E-state index in [1.165, 1.54) is 38.7 Å². The van der Waals surface area contributed by atoms with Crippen LogP contribution in [0.5, 0.6) is 11.5 Å². The number of ether oxygens (including phenoxy) is 1. The first-order valence-corrected chi connectivity index (χ1v) is 15.9. The normalized spacial score (nSPS) is 13.7. The zero-order chi connectivity index (χ0) is 30.8. The molecule has 46 heavy (non-hydrogen) atoms. The predicted octanol–water partition coefficient (Wildman–Crippen LogP) is 12.2. The Kier molecular flexibility index (Phi) is 5.85. The number of rotatable bonds is 4. The fourth-order valence-electron chi connectivity index (χ4n) is 7.26. The van der Waals surface area contributed by atoms with Crippen molar-refractivity contribution < 1.29 is 4.74 Å². The van der Waals surface area contributed by atoms with Gasteiger partial charge in [-0.1, -0.05) is 111 Å². The van der Waals surface area contributed by atoms with Crippen molar-refractivity contribution in [3.63, 3.8) is 0 Å². The summed E-state index contributed by atoms with van der Waals surface area (Å²) >= 11 is 0. The lowest BCUT2D eigenvalue weighted by Crippen LogP contribution is -2.32. The van der Waals surface area contributed by atoms with E-state index in [1.807, 2.05) is 6.07 Å². The molecule has 0 amide bonds. The predicted molar refractivity (Wildman–Crippen MR) is 191 cm³/mol. The lowest BCUT2D eigenvalue weighted by Gasteiger charge is -2.45. The molecular weight excluding hydrogens is 560 g/mol. The number of fused-ring (bicyclic) bond motifs is 5. The molecule has 0 unspecified atom stereocenters. The van der Waals surface area contributed by atoms with Gasteiger partial charge in [0.2, 0.25) is 0 Å². The SMILES string of the molecule is CC1(C)c2cc(N(c3ccc(-c4ccccc4)cc3)c3ccc4ccccc4c3)ccc2N2c3ccccc3Oc3cccc1c32. The second kappa shape index (κ2) is 10.1. The van der Waals surface area contributed by atoms with E-state index in [0.717, 1.165) is 39.9 Å². The Labute approximate surface area is 269 Å². The van der Waals surface area contributed by atoms with Crippen LogP contribution >= 0.6 is 0 Å². The molecule has 3 nitrogen and oxygen atoms in total. The Balaban J connectivity index is 1.24. The number of para-hydroxylation sites is 3. The van der Waals surface area contributed by atoms with Crippen molar-refractivity contribution in [3.8, 4) is 22.6 Å². The zero-order valence-electron chi connectivity index (χ0n) is 25.8. The third-order valence-electron chi connectivity index (χ3n) is 9.60. The van der Waals surface area contributed by atoms with Crippen LogP contribution in [0.2, 0.25) is 0 Å². The monoisotopic (exact) mass is 592 g/mol. The Bertz CT molecular complexity index is 2270. The van der Waals surface area contributed by atoms with Gasteiger partial charge in [0.05, 0.1) is 17.1 Å². The van der Waals surface area contributed by atoms with E-state index in [-0.39, 0.29) is 5.41 Å². The van der Waals surface area contributed by atoms with Gasteiger partial charge in [-0.3, -0.25) is 0 Å². The fraction of sp³-hybridized carbons (Fsp3) is 0.0698. The zero-order valence-corrected chi connectivity index (χ0v) is 25.8. The topological polar surface area (TPSA) is 15.7 Å². The minimum atomic E-state index is -0.255. The molecule has 2 heterocycles. The third-order valence-corrected chi connectivity index (χ3v) is 9.60. The molecule has 9 rings (SSSR count). The fourth-order valence-corrected chi connectivity index (χ4v) is 7.26. The minimum Gasteiger partial charge on any atom is -0.453 e. The van der Waals surface area contributed by atoms with Gasteiger partial charge in [-0.05, 0) is 93.7 Å². The summed E-state index contributed by atoms with van der Waals surface area (Å²) in [6, 6.07) is 56.5. The number of hydrogen-bond donors (Lipinski definition) is 0. The van der Waals surface area contributed by atoms with Crippen LogP contribution in [-0.4, -0.2) is 0 Å². The van der Waals surface area contributed by atoms with Gasteiger partial charge in [-0.15, -0.1) is 0 Å². The molecule has 0 atom stereocenters. The van der Waals surface area contributed by atoms with Crippen LogP contribution < -0.4 is 14.5 Å². The summed E-state index contributed by atoms with van der Waals surface area (Å²) in [5.41, 5.74) is 11.4. The number of hydrogen-bond acceptors (Lipinski definition) is 3. The lowest BCUT2D eigenvalue weighted by molar-refractivity contribution is 0.471. The van der Waals surface area contributed by atoms with Gasteiger partial charge in [0.1, 0.15) is 0 Å². The van der Waals surface area contributed by atoms with Crippen molar-refractivity contribution in [1.29, 1.82) is 0 Å². The number of nitrogens with zero attached hydrogens (tertiary/aromatic N) is 2. The third kappa shape index (κ3) is 4.05. The first kappa shape index (κ1) is 26.6. The second-order valence-corrected chi connectivity index (χ2v) is 12.7. The summed E-state index contributed by atoms with van der Waals surface area (Å²) in [5.74, 6) is 1.77. The molecule has 2 aliphatic heterocycles. The highest BCUT2D eigenvalue weighted by Crippen LogP contribution is 2.60. The van der Waals surface area contributed by atoms with Gasteiger partial charge < -0.3 is 14.5 Å². The largest absolute Gasteiger partial charge is 0.453 e. The van der Waals surface area contributed by atoms with Crippen LogP contribution in [0.15, 0.2) is 158 Å². The van der Waals surface area contributed by atoms with E-state index in [2.05, 4.69) is 175 Å². The van der Waals surface area contributed by atoms with E-state index in [0.29, 0.717) is 0 Å². The summed E-state index contributed by atoms with van der Waals surface area (Å²) in [5, 5.41) is 2.45. The smallest absolute Gasteiger partial charge is 0.151 e. The van der Waals surface area contributed by atoms with E-state index < -0.39 is 0 Å². The standard InChI is InChI=1S/C43H32N2O/c1-43(2)36-15-10-18-41-42(36)45(39-16-8-9-17-40(39)46-41)38-26-25-35(28-37(38)43)44(34-24-21-30-13-6-7-14-32(30)27-34)33-22-19-31(20-23-33)29-11-4-3-5-12-29/h3-28H,1-2H3. The molecule has 0 aliphatic carbocycles. The number of anilines is 6. The molecule has 0 saturated carbocycles. The summed E-state index contributed by atoms with van der Waals surface area (Å²) in [6.45, 7) is 4.66. The van der Waals surface area contributed by atoms with Gasteiger partial charge in [0.25, 0.3) is 0 Å². The van der Waals surface area contributed by atoms with Crippen LogP contribution in [0.1, 0.15) is 25.0 Å². The maximum atomic E-state index is 6.44. The molecule has 0 aromatic heterocycles. The Morgan fingerprint density at radius 1 is 0.478 bits per heavy atom. The maximum absolute atomic E-state index is 6.44. The van der Waals surface area contributed by atoms with Gasteiger partial charge in [-0.25, -0.2) is 0 Å². The summed E-state index contributed by atoms with van der Waals surface area (Å²) in [6.07, 6.45) is 0. The highest BCUT2D eigenvalue weighted by Gasteiger charge is 2.41. The maximum Gasteiger partial charge on any atom is 0.151 e. The highest BCUT2D eigenvalue weighted by atomic mass is 16.5. The van der Waals surface area contributed by atoms with E-state index in [4.69, 9.17) is 4.74 Å². The van der Waals surface area contributed by atoms with Gasteiger partial charge in [0.15, 0.2) is 11.5 Å². The molecule has 220 valence electrons. The van der Waals surface area contributed by atoms with Crippen LogP contribution in [0, 0.1) is 0 Å². The van der Waals surface area contributed by atoms with Gasteiger partial charge in [0, 0.05) is 22.5 Å². The van der Waals surface area contributed by atoms with Gasteiger partial charge in [-0.2, -0.15) is 0 Å². The number of benzene rings is 7. The molecule has 2 aliphatic rings. The van der Waals surface area contributed by atoms with Crippen molar-refractivity contribution >= 4 is 44.9 Å². The first-order chi connectivity index (χ1) is 22.6. The molecule has 0 spiro atoms. The molecule has 0 bridgehead atoms. The van der Waals surface area contributed by atoms with E-state index >= 15 is 0 Å². The molecule has 0 N–H and O–H groups in total. The first-order valence-electron chi connectivity index (χ1n) is 15.9. The van der Waals surface area contributed by atoms with Crippen molar-refractivity contribution in [2.24, 2.45) is 0 Å². The second-order valence-electron chi connectivity index (χ2n) is 12.7. The van der Waals surface area contributed by atoms with Crippen LogP contribution in [-0.2, 0) is 5.41 Å². The van der Waals surface area contributed by atoms with E-state index in [1.54, 1.807) is 0 Å². The average Bonchev–Trinajstić information content (AvgIpc) is 3.11. The average molecular weight is 593 g/mol. The Hall–Kier alpha value is -5.80. The lowest BCUT2D eigenvalue weighted by atomic mass is 9.73. The van der Waals surface area contributed by atoms with E-state index in [9.17, 15) is 0 Å². The summed E-state index contributed by atoms with van der Waals surface area (Å²) in [7, 11) is 0. The van der Waals surface area contributed by atoms with Crippen molar-refractivity contribution in [1.82, 2.24) is 0 Å². The van der Waals surface area contributed by atoms with Crippen molar-refractivity contribution in [2.75, 3.05) is 9.80 Å². The highest BCUT2D eigenvalue weighted by molar-refractivity contribution is 5.95. The molecule has 3 heteroatoms. The molecule has 7 aromatic carbocycles. The van der Waals surface area contributed by atoms with Crippen molar-refractivity contribution in [2.45, 2.75) is 19.3 Å². The van der Waals surface area contributed by atoms with Crippen LogP contribution in [0.25, 0.3) is 21.9 Å². The molecule has 0 fully saturated rings. The van der Waals surface area contributed by atoms with Crippen LogP contribution in [0.4, 0.5) is 34.1 Å². The summed E-state index contributed by atoms with van der Waals surface area (Å²) < 4.78 is 6.44. The van der Waals surface area contributed by atoms with Gasteiger partial charge >= 0.3 is 0 Å².